The molecule has 2 aromatic rings. The van der Waals surface area contributed by atoms with Crippen LogP contribution in [0.4, 0.5) is 0 Å². The number of benzene rings is 2. The maximum absolute atomic E-state index is 10.6. The molecule has 0 bridgehead atoms. The van der Waals surface area contributed by atoms with E-state index in [2.05, 4.69) is 0 Å². The molecule has 22 heavy (non-hydrogen) atoms. The minimum absolute atomic E-state index is 0.560. The van der Waals surface area contributed by atoms with Gasteiger partial charge in [0.15, 0.2) is 0 Å². The lowest BCUT2D eigenvalue weighted by atomic mass is 9.97. The molecule has 4 nitrogen and oxygen atoms in total. The van der Waals surface area contributed by atoms with E-state index in [9.17, 15) is 10.2 Å². The molecule has 0 amide bonds. The number of hydrogen-bond acceptors (Lipinski definition) is 4. The predicted octanol–water partition coefficient (Wildman–Crippen LogP) is 3.01. The summed E-state index contributed by atoms with van der Waals surface area (Å²) in [4.78, 5) is 0. The summed E-state index contributed by atoms with van der Waals surface area (Å²) >= 11 is 0. The molecule has 2 atom stereocenters. The number of ether oxygens (including phenoxy) is 2. The molecule has 0 spiro atoms. The molecule has 1 aliphatic rings. The lowest BCUT2D eigenvalue weighted by Gasteiger charge is -2.24. The second kappa shape index (κ2) is 6.81. The van der Waals surface area contributed by atoms with Crippen LogP contribution < -0.4 is 9.47 Å². The summed E-state index contributed by atoms with van der Waals surface area (Å²) in [6, 6.07) is 14.6. The molecule has 2 N–H and O–H groups in total. The van der Waals surface area contributed by atoms with Gasteiger partial charge < -0.3 is 19.7 Å². The second-order valence-corrected chi connectivity index (χ2v) is 5.37. The predicted molar refractivity (Wildman–Crippen MR) is 83.0 cm³/mol. The van der Waals surface area contributed by atoms with Crippen LogP contribution in [0.2, 0.25) is 0 Å². The summed E-state index contributed by atoms with van der Waals surface area (Å²) in [5.74, 6) is 1.24. The normalized spacial score (nSPS) is 22.1. The van der Waals surface area contributed by atoms with Crippen molar-refractivity contribution < 1.29 is 19.7 Å². The molecule has 0 fully saturated rings. The quantitative estimate of drug-likeness (QED) is 0.785. The first kappa shape index (κ1) is 14.9. The molecule has 0 saturated carbocycles. The fraction of sp³-hybridized carbons (Fsp3) is 0.333. The minimum Gasteiger partial charge on any atom is -0.493 e. The van der Waals surface area contributed by atoms with Crippen molar-refractivity contribution in [1.82, 2.24) is 0 Å². The van der Waals surface area contributed by atoms with Gasteiger partial charge in [0.2, 0.25) is 0 Å². The highest BCUT2D eigenvalue weighted by Crippen LogP contribution is 2.37. The summed E-state index contributed by atoms with van der Waals surface area (Å²) in [6.07, 6.45) is -0.398. The maximum Gasteiger partial charge on any atom is 0.125 e. The van der Waals surface area contributed by atoms with Crippen LogP contribution >= 0.6 is 0 Å². The van der Waals surface area contributed by atoms with Gasteiger partial charge in [-0.05, 0) is 25.0 Å². The van der Waals surface area contributed by atoms with E-state index in [1.807, 2.05) is 36.4 Å². The molecule has 1 heterocycles. The highest BCUT2D eigenvalue weighted by molar-refractivity contribution is 5.40. The highest BCUT2D eigenvalue weighted by atomic mass is 16.5. The Morgan fingerprint density at radius 3 is 1.55 bits per heavy atom. The third-order valence-corrected chi connectivity index (χ3v) is 3.83. The zero-order valence-corrected chi connectivity index (χ0v) is 12.3. The van der Waals surface area contributed by atoms with Gasteiger partial charge in [-0.3, -0.25) is 0 Å². The largest absolute Gasteiger partial charge is 0.493 e. The molecule has 0 unspecified atom stereocenters. The Kier molecular flexibility index (Phi) is 4.61. The van der Waals surface area contributed by atoms with Gasteiger partial charge in [-0.15, -0.1) is 0 Å². The smallest absolute Gasteiger partial charge is 0.125 e. The number of para-hydroxylation sites is 2. The van der Waals surface area contributed by atoms with Gasteiger partial charge in [0.25, 0.3) is 0 Å². The fourth-order valence-electron chi connectivity index (χ4n) is 2.62. The van der Waals surface area contributed by atoms with Crippen molar-refractivity contribution in [2.24, 2.45) is 0 Å². The van der Waals surface area contributed by atoms with Gasteiger partial charge in [0.05, 0.1) is 13.2 Å². The molecule has 0 saturated heterocycles. The number of aliphatic hydroxyl groups excluding tert-OH is 2. The van der Waals surface area contributed by atoms with E-state index in [4.69, 9.17) is 9.47 Å². The van der Waals surface area contributed by atoms with Crippen LogP contribution in [-0.2, 0) is 0 Å². The zero-order chi connectivity index (χ0) is 15.4. The average molecular weight is 300 g/mol. The number of hydrogen-bond donors (Lipinski definition) is 2. The molecule has 4 heteroatoms. The molecule has 3 rings (SSSR count). The molecular formula is C18H20O4. The number of rotatable bonds is 0. The van der Waals surface area contributed by atoms with Crippen molar-refractivity contribution in [2.45, 2.75) is 25.0 Å². The van der Waals surface area contributed by atoms with Crippen molar-refractivity contribution in [3.8, 4) is 11.5 Å². The van der Waals surface area contributed by atoms with Gasteiger partial charge in [-0.1, -0.05) is 36.4 Å². The lowest BCUT2D eigenvalue weighted by molar-refractivity contribution is 0.0133. The topological polar surface area (TPSA) is 58.9 Å². The SMILES string of the molecule is O[C@H]1c2ccccc2OCCCCOc2ccccc2[C@@H]1O. The summed E-state index contributed by atoms with van der Waals surface area (Å²) < 4.78 is 11.5. The van der Waals surface area contributed by atoms with E-state index >= 15 is 0 Å². The van der Waals surface area contributed by atoms with Crippen LogP contribution in [0.5, 0.6) is 11.5 Å². The first-order valence-corrected chi connectivity index (χ1v) is 7.57. The van der Waals surface area contributed by atoms with Crippen LogP contribution in [0.25, 0.3) is 0 Å². The van der Waals surface area contributed by atoms with Crippen molar-refractivity contribution in [1.29, 1.82) is 0 Å². The Bertz CT molecular complexity index is 570. The van der Waals surface area contributed by atoms with Crippen LogP contribution in [0, 0.1) is 0 Å². The van der Waals surface area contributed by atoms with Crippen molar-refractivity contribution >= 4 is 0 Å². The van der Waals surface area contributed by atoms with Crippen LogP contribution in [0.1, 0.15) is 36.2 Å². The summed E-state index contributed by atoms with van der Waals surface area (Å²) in [6.45, 7) is 1.12. The molecule has 2 aromatic carbocycles. The van der Waals surface area contributed by atoms with Crippen LogP contribution in [0.3, 0.4) is 0 Å². The Morgan fingerprint density at radius 2 is 1.09 bits per heavy atom. The van der Waals surface area contributed by atoms with Gasteiger partial charge >= 0.3 is 0 Å². The van der Waals surface area contributed by atoms with E-state index in [1.165, 1.54) is 0 Å². The van der Waals surface area contributed by atoms with E-state index in [0.29, 0.717) is 35.8 Å². The fourth-order valence-corrected chi connectivity index (χ4v) is 2.62. The van der Waals surface area contributed by atoms with E-state index < -0.39 is 12.2 Å². The zero-order valence-electron chi connectivity index (χ0n) is 12.3. The third-order valence-electron chi connectivity index (χ3n) is 3.83. The van der Waals surface area contributed by atoms with Crippen molar-refractivity contribution in [3.63, 3.8) is 0 Å². The summed E-state index contributed by atoms with van der Waals surface area (Å²) in [5.41, 5.74) is 1.18. The highest BCUT2D eigenvalue weighted by Gasteiger charge is 2.26. The second-order valence-electron chi connectivity index (χ2n) is 5.37. The van der Waals surface area contributed by atoms with E-state index in [0.717, 1.165) is 12.8 Å². The first-order chi connectivity index (χ1) is 10.8. The monoisotopic (exact) mass is 300 g/mol. The maximum atomic E-state index is 10.6. The lowest BCUT2D eigenvalue weighted by Crippen LogP contribution is -2.15. The van der Waals surface area contributed by atoms with E-state index in [1.54, 1.807) is 12.1 Å². The summed E-state index contributed by atoms with van der Waals surface area (Å²) in [5, 5.41) is 21.2. The Hall–Kier alpha value is -2.04. The van der Waals surface area contributed by atoms with Crippen LogP contribution in [0.15, 0.2) is 48.5 Å². The van der Waals surface area contributed by atoms with Gasteiger partial charge in [0, 0.05) is 11.1 Å². The molecule has 0 aliphatic carbocycles. The van der Waals surface area contributed by atoms with Crippen molar-refractivity contribution in [2.75, 3.05) is 13.2 Å². The molecule has 116 valence electrons. The Labute approximate surface area is 129 Å². The average Bonchev–Trinajstić information content (AvgIpc) is 2.56. The van der Waals surface area contributed by atoms with Crippen LogP contribution in [-0.4, -0.2) is 23.4 Å². The first-order valence-electron chi connectivity index (χ1n) is 7.57. The molecule has 0 radical (unpaired) electrons. The minimum atomic E-state index is -1.07. The summed E-state index contributed by atoms with van der Waals surface area (Å²) in [7, 11) is 0. The molecule has 1 aliphatic heterocycles. The Morgan fingerprint density at radius 1 is 0.682 bits per heavy atom. The Balaban J connectivity index is 2.00. The third kappa shape index (κ3) is 3.08. The molecular weight excluding hydrogens is 280 g/mol. The number of fused-ring (bicyclic) bond motifs is 2. The standard InChI is InChI=1S/C18H20O4/c19-17-13-7-1-3-9-15(13)21-11-5-6-12-22-16-10-4-2-8-14(16)18(17)20/h1-4,7-10,17-20H,5-6,11-12H2/t17-,18-/m0/s1. The number of aliphatic hydroxyl groups is 2. The van der Waals surface area contributed by atoms with Gasteiger partial charge in [-0.2, -0.15) is 0 Å². The van der Waals surface area contributed by atoms with Gasteiger partial charge in [0.1, 0.15) is 23.7 Å². The van der Waals surface area contributed by atoms with Gasteiger partial charge in [-0.25, -0.2) is 0 Å². The van der Waals surface area contributed by atoms with Crippen molar-refractivity contribution in [3.05, 3.63) is 59.7 Å². The molecule has 0 aromatic heterocycles. The van der Waals surface area contributed by atoms with E-state index in [-0.39, 0.29) is 0 Å².